The zero-order valence-corrected chi connectivity index (χ0v) is 63.3. The van der Waals surface area contributed by atoms with E-state index in [9.17, 15) is 0 Å². The van der Waals surface area contributed by atoms with Crippen LogP contribution in [0.4, 0.5) is 39.8 Å². The quantitative estimate of drug-likeness (QED) is 0.112. The van der Waals surface area contributed by atoms with Gasteiger partial charge in [-0.25, -0.2) is 4.85 Å². The van der Waals surface area contributed by atoms with Crippen molar-refractivity contribution in [2.75, 3.05) is 9.80 Å². The van der Waals surface area contributed by atoms with Crippen molar-refractivity contribution >= 4 is 107 Å². The Labute approximate surface area is 620 Å². The summed E-state index contributed by atoms with van der Waals surface area (Å²) in [6.07, 6.45) is 0. The maximum Gasteiger partial charge on any atom is 0.252 e. The van der Waals surface area contributed by atoms with Gasteiger partial charge in [0.15, 0.2) is 5.69 Å². The summed E-state index contributed by atoms with van der Waals surface area (Å²) < 4.78 is 4.99. The Hall–Kier alpha value is -11.4. The Balaban J connectivity index is 1.07. The number of rotatable bonds is 8. The molecule has 17 rings (SSSR count). The van der Waals surface area contributed by atoms with Gasteiger partial charge in [0.1, 0.15) is 0 Å². The van der Waals surface area contributed by atoms with Gasteiger partial charge in [-0.1, -0.05) is 274 Å². The molecule has 514 valence electrons. The van der Waals surface area contributed by atoms with Crippen LogP contribution in [0.15, 0.2) is 273 Å². The number of aromatic nitrogens is 2. The van der Waals surface area contributed by atoms with Crippen LogP contribution in [0.1, 0.15) is 132 Å². The maximum atomic E-state index is 8.20. The Morgan fingerprint density at radius 3 is 0.962 bits per heavy atom. The van der Waals surface area contributed by atoms with E-state index >= 15 is 0 Å². The smallest absolute Gasteiger partial charge is 0.252 e. The number of hydrogen-bond donors (Lipinski definition) is 0. The molecule has 0 saturated carbocycles. The molecule has 0 radical (unpaired) electrons. The minimum Gasteiger partial charge on any atom is -0.310 e. The van der Waals surface area contributed by atoms with Crippen LogP contribution < -0.4 is 26.2 Å². The summed E-state index contributed by atoms with van der Waals surface area (Å²) in [5.41, 5.74) is 32.3. The van der Waals surface area contributed by atoms with Gasteiger partial charge in [-0.2, -0.15) is 0 Å². The summed E-state index contributed by atoms with van der Waals surface area (Å²) in [6.45, 7) is 43.2. The average Bonchev–Trinajstić information content (AvgIpc) is 1.03. The van der Waals surface area contributed by atoms with E-state index in [-0.39, 0.29) is 33.8 Å². The first-order valence-corrected chi connectivity index (χ1v) is 37.4. The fourth-order valence-electron chi connectivity index (χ4n) is 16.7. The highest BCUT2D eigenvalue weighted by molar-refractivity contribution is 7.00. The van der Waals surface area contributed by atoms with Gasteiger partial charge in [-0.05, 0) is 202 Å². The Kier molecular flexibility index (Phi) is 15.5. The lowest BCUT2D eigenvalue weighted by atomic mass is 9.33. The molecule has 0 saturated heterocycles. The first-order valence-electron chi connectivity index (χ1n) is 37.4. The zero-order chi connectivity index (χ0) is 73.0. The number of benzene rings is 13. The molecule has 0 amide bonds. The molecule has 6 heteroatoms. The molecule has 105 heavy (non-hydrogen) atoms. The second kappa shape index (κ2) is 24.4. The summed E-state index contributed by atoms with van der Waals surface area (Å²) in [5, 5.41) is 4.67. The summed E-state index contributed by atoms with van der Waals surface area (Å²) in [5.74, 6) is 0. The van der Waals surface area contributed by atoms with E-state index in [0.29, 0.717) is 5.69 Å². The molecule has 0 N–H and O–H groups in total. The normalized spacial score (nSPS) is 13.2. The number of para-hydroxylation sites is 1. The van der Waals surface area contributed by atoms with E-state index in [2.05, 4.69) is 395 Å². The van der Waals surface area contributed by atoms with Crippen molar-refractivity contribution in [3.05, 3.63) is 312 Å². The largest absolute Gasteiger partial charge is 0.310 e. The number of nitrogens with zero attached hydrogens (tertiary/aromatic N) is 5. The maximum absolute atomic E-state index is 8.20. The van der Waals surface area contributed by atoms with Gasteiger partial charge in [0.05, 0.1) is 40.0 Å². The lowest BCUT2D eigenvalue weighted by Crippen LogP contribution is -2.61. The van der Waals surface area contributed by atoms with Gasteiger partial charge < -0.3 is 18.9 Å². The van der Waals surface area contributed by atoms with E-state index < -0.39 is 0 Å². The molecule has 4 heterocycles. The minimum absolute atomic E-state index is 0.0641. The number of fused-ring (bicyclic) bond motifs is 10. The molecule has 5 nitrogen and oxygen atoms in total. The summed E-state index contributed by atoms with van der Waals surface area (Å²) >= 11 is 0. The molecular weight excluding hydrogens is 1270 g/mol. The number of hydrogen-bond acceptors (Lipinski definition) is 2. The second-order valence-electron chi connectivity index (χ2n) is 34.5. The molecule has 2 aliphatic rings. The first kappa shape index (κ1) is 66.8. The standard InChI is InChI=1S/C99H90BN5/c1-95(2,3)66-41-48-85-79(51-66)80-52-67(96(4,5)6)42-49-86(80)103(85)73-45-47-83-89(61-73)105(94-77(64-35-25-19-26-36-64)55-69(98(10,11)12)56-78(94)65-37-27-20-28-38-65)91-58-70(99(13,14)15)57-90-92(91)100(83)82-46-44-72(102-84-40-30-29-39-74(84)81-59-71(101-16)43-50-87(81)102)60-88(82)104(90)93-75(62-31-21-17-22-32-62)53-68(97(7,8)9)54-76(93)63-33-23-18-24-34-63/h17-61H,1-15H3. The van der Waals surface area contributed by atoms with Gasteiger partial charge in [-0.3, -0.25) is 0 Å². The van der Waals surface area contributed by atoms with Gasteiger partial charge in [0.25, 0.3) is 6.71 Å². The molecule has 0 unspecified atom stereocenters. The van der Waals surface area contributed by atoms with E-state index in [1.165, 1.54) is 66.0 Å². The monoisotopic (exact) mass is 1360 g/mol. The van der Waals surface area contributed by atoms with Crippen LogP contribution in [0.25, 0.3) is 104 Å². The van der Waals surface area contributed by atoms with Gasteiger partial charge in [-0.15, -0.1) is 0 Å². The summed E-state index contributed by atoms with van der Waals surface area (Å²) in [4.78, 5) is 9.41. The van der Waals surface area contributed by atoms with Crippen LogP contribution in [0.5, 0.6) is 0 Å². The molecular formula is C99H90BN5. The van der Waals surface area contributed by atoms with Gasteiger partial charge >= 0.3 is 0 Å². The predicted molar refractivity (Wildman–Crippen MR) is 451 cm³/mol. The molecule has 0 atom stereocenters. The molecule has 0 fully saturated rings. The van der Waals surface area contributed by atoms with Crippen LogP contribution in [0, 0.1) is 6.57 Å². The highest BCUT2D eigenvalue weighted by Gasteiger charge is 2.47. The highest BCUT2D eigenvalue weighted by Crippen LogP contribution is 2.56. The topological polar surface area (TPSA) is 20.7 Å². The number of anilines is 6. The third-order valence-corrected chi connectivity index (χ3v) is 22.4. The molecule has 0 bridgehead atoms. The fourth-order valence-corrected chi connectivity index (χ4v) is 16.7. The Bertz CT molecular complexity index is 5860. The SMILES string of the molecule is [C-]#[N+]c1ccc2c(c1)c1ccccc1n2-c1ccc2c(c1)N(c1c(-c3ccccc3)cc(C(C)(C)C)cc1-c1ccccc1)c1cc(C(C)(C)C)cc3c1B2c1ccc(-n2c4ccc(C(C)(C)C)cc4c4cc(C(C)(C)C)ccc42)cc1N3c1c(-c2ccccc2)cc(C(C)(C)C)cc1-c1ccccc1. The molecule has 0 spiro atoms. The van der Waals surface area contributed by atoms with Crippen LogP contribution >= 0.6 is 0 Å². The van der Waals surface area contributed by atoms with Crippen molar-refractivity contribution in [2.24, 2.45) is 0 Å². The van der Waals surface area contributed by atoms with E-state index in [1.807, 2.05) is 6.07 Å². The van der Waals surface area contributed by atoms with Crippen molar-refractivity contribution in [3.8, 4) is 55.9 Å². The lowest BCUT2D eigenvalue weighted by molar-refractivity contribution is 0.590. The summed E-state index contributed by atoms with van der Waals surface area (Å²) in [7, 11) is 0. The van der Waals surface area contributed by atoms with Crippen LogP contribution in [0.3, 0.4) is 0 Å². The van der Waals surface area contributed by atoms with Crippen molar-refractivity contribution in [3.63, 3.8) is 0 Å². The second-order valence-corrected chi connectivity index (χ2v) is 34.5. The molecule has 2 aliphatic heterocycles. The van der Waals surface area contributed by atoms with E-state index in [0.717, 1.165) is 112 Å². The predicted octanol–water partition coefficient (Wildman–Crippen LogP) is 25.7. The Morgan fingerprint density at radius 2 is 0.600 bits per heavy atom. The molecule has 13 aromatic carbocycles. The fraction of sp³-hybridized carbons (Fsp3) is 0.202. The van der Waals surface area contributed by atoms with Gasteiger partial charge in [0, 0.05) is 72.5 Å². The van der Waals surface area contributed by atoms with E-state index in [1.54, 1.807) is 0 Å². The molecule has 0 aliphatic carbocycles. The minimum atomic E-state index is -0.349. The zero-order valence-electron chi connectivity index (χ0n) is 63.3. The van der Waals surface area contributed by atoms with Crippen molar-refractivity contribution in [1.29, 1.82) is 0 Å². The average molecular weight is 1360 g/mol. The van der Waals surface area contributed by atoms with Crippen LogP contribution in [-0.2, 0) is 27.1 Å². The molecule has 15 aromatic rings. The van der Waals surface area contributed by atoms with Crippen LogP contribution in [0.2, 0.25) is 0 Å². The van der Waals surface area contributed by atoms with Crippen LogP contribution in [-0.4, -0.2) is 15.8 Å². The third kappa shape index (κ3) is 11.2. The van der Waals surface area contributed by atoms with E-state index in [4.69, 9.17) is 6.57 Å². The summed E-state index contributed by atoms with van der Waals surface area (Å²) in [6, 6.07) is 104. The third-order valence-electron chi connectivity index (χ3n) is 22.4. The van der Waals surface area contributed by atoms with Crippen molar-refractivity contribution in [2.45, 2.75) is 131 Å². The van der Waals surface area contributed by atoms with Gasteiger partial charge in [0.2, 0.25) is 0 Å². The van der Waals surface area contributed by atoms with Crippen molar-refractivity contribution < 1.29 is 0 Å². The Morgan fingerprint density at radius 1 is 0.276 bits per heavy atom. The lowest BCUT2D eigenvalue weighted by Gasteiger charge is -2.47. The van der Waals surface area contributed by atoms with Crippen molar-refractivity contribution in [1.82, 2.24) is 9.13 Å². The highest BCUT2D eigenvalue weighted by atomic mass is 15.2. The first-order chi connectivity index (χ1) is 50.2. The molecule has 2 aromatic heterocycles.